The van der Waals surface area contributed by atoms with Gasteiger partial charge < -0.3 is 4.74 Å². The molecule has 0 aromatic carbocycles. The number of carbonyl (C=O) groups is 1. The standard InChI is InChI=1S/C10H14O2/c1-7(2)4-5-9-6-8(3)12-10(9)11/h4,6,9H,5H2,1-3H3. The van der Waals surface area contributed by atoms with Gasteiger partial charge in [-0.15, -0.1) is 0 Å². The molecule has 0 spiro atoms. The number of allylic oxidation sites excluding steroid dienone is 3. The molecule has 2 heteroatoms. The summed E-state index contributed by atoms with van der Waals surface area (Å²) in [5.74, 6) is 0.553. The van der Waals surface area contributed by atoms with E-state index in [2.05, 4.69) is 6.08 Å². The van der Waals surface area contributed by atoms with Crippen LogP contribution in [0.25, 0.3) is 0 Å². The Morgan fingerprint density at radius 3 is 2.75 bits per heavy atom. The maximum Gasteiger partial charge on any atom is 0.318 e. The van der Waals surface area contributed by atoms with Gasteiger partial charge in [-0.25, -0.2) is 0 Å². The fourth-order valence-electron chi connectivity index (χ4n) is 1.15. The van der Waals surface area contributed by atoms with Crippen molar-refractivity contribution in [3.8, 4) is 0 Å². The van der Waals surface area contributed by atoms with Crippen molar-refractivity contribution in [3.63, 3.8) is 0 Å². The van der Waals surface area contributed by atoms with Crippen molar-refractivity contribution in [2.24, 2.45) is 5.92 Å². The second-order valence-electron chi connectivity index (χ2n) is 3.32. The van der Waals surface area contributed by atoms with Crippen molar-refractivity contribution in [3.05, 3.63) is 23.5 Å². The van der Waals surface area contributed by atoms with Crippen molar-refractivity contribution in [2.75, 3.05) is 0 Å². The molecule has 1 rings (SSSR count). The van der Waals surface area contributed by atoms with E-state index < -0.39 is 0 Å². The molecule has 0 radical (unpaired) electrons. The zero-order valence-corrected chi connectivity index (χ0v) is 7.76. The molecule has 1 aliphatic heterocycles. The summed E-state index contributed by atoms with van der Waals surface area (Å²) in [7, 11) is 0. The molecule has 0 amide bonds. The smallest absolute Gasteiger partial charge is 0.318 e. The van der Waals surface area contributed by atoms with Crippen LogP contribution < -0.4 is 0 Å². The molecule has 1 aliphatic rings. The number of cyclic esters (lactones) is 1. The molecule has 0 saturated carbocycles. The molecule has 0 aliphatic carbocycles. The minimum atomic E-state index is -0.120. The zero-order valence-electron chi connectivity index (χ0n) is 7.76. The minimum absolute atomic E-state index is 0.0556. The Bertz CT molecular complexity index is 245. The lowest BCUT2D eigenvalue weighted by atomic mass is 10.1. The van der Waals surface area contributed by atoms with Crippen LogP contribution in [-0.4, -0.2) is 5.97 Å². The van der Waals surface area contributed by atoms with Crippen molar-refractivity contribution in [2.45, 2.75) is 27.2 Å². The number of rotatable bonds is 2. The normalized spacial score (nSPS) is 21.8. The summed E-state index contributed by atoms with van der Waals surface area (Å²) in [5.41, 5.74) is 1.24. The molecule has 1 heterocycles. The van der Waals surface area contributed by atoms with Gasteiger partial charge in [-0.3, -0.25) is 4.79 Å². The van der Waals surface area contributed by atoms with Gasteiger partial charge in [-0.2, -0.15) is 0 Å². The summed E-state index contributed by atoms with van der Waals surface area (Å²) in [6.45, 7) is 5.86. The van der Waals surface area contributed by atoms with E-state index in [4.69, 9.17) is 4.74 Å². The van der Waals surface area contributed by atoms with Crippen LogP contribution in [0.15, 0.2) is 23.5 Å². The Hall–Kier alpha value is -1.05. The lowest BCUT2D eigenvalue weighted by molar-refractivity contribution is -0.139. The van der Waals surface area contributed by atoms with E-state index in [1.807, 2.05) is 19.9 Å². The van der Waals surface area contributed by atoms with E-state index in [9.17, 15) is 4.79 Å². The first-order chi connectivity index (χ1) is 5.59. The Labute approximate surface area is 72.9 Å². The number of hydrogen-bond acceptors (Lipinski definition) is 2. The molecule has 12 heavy (non-hydrogen) atoms. The first kappa shape index (κ1) is 9.04. The molecule has 1 atom stereocenters. The Morgan fingerprint density at radius 1 is 1.67 bits per heavy atom. The Morgan fingerprint density at radius 2 is 2.33 bits per heavy atom. The van der Waals surface area contributed by atoms with E-state index in [-0.39, 0.29) is 11.9 Å². The van der Waals surface area contributed by atoms with Crippen LogP contribution in [0.4, 0.5) is 0 Å². The average Bonchev–Trinajstić information content (AvgIpc) is 2.26. The fraction of sp³-hybridized carbons (Fsp3) is 0.500. The van der Waals surface area contributed by atoms with Crippen molar-refractivity contribution in [1.82, 2.24) is 0 Å². The van der Waals surface area contributed by atoms with Crippen LogP contribution in [0.3, 0.4) is 0 Å². The first-order valence-electron chi connectivity index (χ1n) is 4.13. The van der Waals surface area contributed by atoms with E-state index >= 15 is 0 Å². The number of hydrogen-bond donors (Lipinski definition) is 0. The predicted octanol–water partition coefficient (Wildman–Crippen LogP) is 2.42. The van der Waals surface area contributed by atoms with Gasteiger partial charge in [0.25, 0.3) is 0 Å². The van der Waals surface area contributed by atoms with Gasteiger partial charge in [0.1, 0.15) is 5.76 Å². The molecular formula is C10H14O2. The number of esters is 1. The largest absolute Gasteiger partial charge is 0.431 e. The molecule has 0 N–H and O–H groups in total. The van der Waals surface area contributed by atoms with E-state index in [0.29, 0.717) is 0 Å². The van der Waals surface area contributed by atoms with Gasteiger partial charge in [0.05, 0.1) is 5.92 Å². The summed E-state index contributed by atoms with van der Waals surface area (Å²) < 4.78 is 4.90. The van der Waals surface area contributed by atoms with Gasteiger partial charge >= 0.3 is 5.97 Å². The number of carbonyl (C=O) groups excluding carboxylic acids is 1. The molecule has 0 saturated heterocycles. The second-order valence-corrected chi connectivity index (χ2v) is 3.32. The molecule has 66 valence electrons. The van der Waals surface area contributed by atoms with E-state index in [0.717, 1.165) is 12.2 Å². The SMILES string of the molecule is CC(C)=CCC1C=C(C)OC1=O. The third kappa shape index (κ3) is 2.22. The molecule has 0 aromatic rings. The summed E-state index contributed by atoms with van der Waals surface area (Å²) in [6.07, 6.45) is 4.70. The Balaban J connectivity index is 2.54. The summed E-state index contributed by atoms with van der Waals surface area (Å²) >= 11 is 0. The highest BCUT2D eigenvalue weighted by Crippen LogP contribution is 2.20. The van der Waals surface area contributed by atoms with Crippen LogP contribution in [0, 0.1) is 5.92 Å². The lowest BCUT2D eigenvalue weighted by Gasteiger charge is -1.99. The predicted molar refractivity (Wildman–Crippen MR) is 47.4 cm³/mol. The molecule has 2 nitrogen and oxygen atoms in total. The molecule has 0 bridgehead atoms. The van der Waals surface area contributed by atoms with Crippen molar-refractivity contribution >= 4 is 5.97 Å². The topological polar surface area (TPSA) is 26.3 Å². The summed E-state index contributed by atoms with van der Waals surface area (Å²) in [4.78, 5) is 11.1. The van der Waals surface area contributed by atoms with Gasteiger partial charge in [-0.05, 0) is 33.3 Å². The quantitative estimate of drug-likeness (QED) is 0.465. The summed E-state index contributed by atoms with van der Waals surface area (Å²) in [5, 5.41) is 0. The maximum absolute atomic E-state index is 11.1. The Kier molecular flexibility index (Phi) is 2.69. The first-order valence-corrected chi connectivity index (χ1v) is 4.13. The van der Waals surface area contributed by atoms with Crippen LogP contribution in [0.1, 0.15) is 27.2 Å². The van der Waals surface area contributed by atoms with Gasteiger partial charge in [0, 0.05) is 0 Å². The summed E-state index contributed by atoms with van der Waals surface area (Å²) in [6, 6.07) is 0. The zero-order chi connectivity index (χ0) is 9.14. The minimum Gasteiger partial charge on any atom is -0.431 e. The van der Waals surface area contributed by atoms with Gasteiger partial charge in [0.15, 0.2) is 0 Å². The highest BCUT2D eigenvalue weighted by Gasteiger charge is 2.23. The van der Waals surface area contributed by atoms with Crippen LogP contribution in [0.5, 0.6) is 0 Å². The molecule has 0 aromatic heterocycles. The number of ether oxygens (including phenoxy) is 1. The van der Waals surface area contributed by atoms with Crippen molar-refractivity contribution in [1.29, 1.82) is 0 Å². The third-order valence-electron chi connectivity index (χ3n) is 1.78. The van der Waals surface area contributed by atoms with Gasteiger partial charge in [0.2, 0.25) is 0 Å². The van der Waals surface area contributed by atoms with Crippen molar-refractivity contribution < 1.29 is 9.53 Å². The average molecular weight is 166 g/mol. The molecule has 0 fully saturated rings. The highest BCUT2D eigenvalue weighted by atomic mass is 16.5. The van der Waals surface area contributed by atoms with Crippen LogP contribution in [0.2, 0.25) is 0 Å². The molecular weight excluding hydrogens is 152 g/mol. The second kappa shape index (κ2) is 3.57. The van der Waals surface area contributed by atoms with Crippen LogP contribution >= 0.6 is 0 Å². The third-order valence-corrected chi connectivity index (χ3v) is 1.78. The highest BCUT2D eigenvalue weighted by molar-refractivity contribution is 5.78. The monoisotopic (exact) mass is 166 g/mol. The molecule has 1 unspecified atom stereocenters. The van der Waals surface area contributed by atoms with E-state index in [1.54, 1.807) is 6.92 Å². The van der Waals surface area contributed by atoms with Crippen LogP contribution in [-0.2, 0) is 9.53 Å². The fourth-order valence-corrected chi connectivity index (χ4v) is 1.15. The maximum atomic E-state index is 11.1. The lowest BCUT2D eigenvalue weighted by Crippen LogP contribution is -2.06. The van der Waals surface area contributed by atoms with Gasteiger partial charge in [-0.1, -0.05) is 11.6 Å². The van der Waals surface area contributed by atoms with E-state index in [1.165, 1.54) is 5.57 Å².